The fourth-order valence-electron chi connectivity index (χ4n) is 4.35. The normalized spacial score (nSPS) is 19.2. The standard InChI is InChI=1S/C24H28ClNO3S/c1-2-28-19-9-10-21-20(13-19)22(14-24(29-21)11-3-4-12-24)30-16-23(27)26-15-17-5-7-18(25)8-6-17/h5-10,13,22H,2-4,11-12,14-16H2,1H3,(H,26,27)/t22-/m0/s1. The average Bonchev–Trinajstić information content (AvgIpc) is 3.19. The number of thioether (sulfide) groups is 1. The van der Waals surface area contributed by atoms with Crippen LogP contribution in [0.25, 0.3) is 0 Å². The van der Waals surface area contributed by atoms with Gasteiger partial charge in [-0.25, -0.2) is 0 Å². The molecule has 30 heavy (non-hydrogen) atoms. The zero-order valence-corrected chi connectivity index (χ0v) is 18.9. The molecular weight excluding hydrogens is 418 g/mol. The summed E-state index contributed by atoms with van der Waals surface area (Å²) in [6.45, 7) is 3.13. The molecule has 1 amide bonds. The maximum absolute atomic E-state index is 12.5. The molecule has 4 rings (SSSR count). The molecule has 0 aromatic heterocycles. The summed E-state index contributed by atoms with van der Waals surface area (Å²) in [5, 5.41) is 3.95. The number of hydrogen-bond acceptors (Lipinski definition) is 4. The van der Waals surface area contributed by atoms with Crippen LogP contribution in [-0.4, -0.2) is 23.9 Å². The van der Waals surface area contributed by atoms with Gasteiger partial charge < -0.3 is 14.8 Å². The number of amides is 1. The van der Waals surface area contributed by atoms with Gasteiger partial charge >= 0.3 is 0 Å². The van der Waals surface area contributed by atoms with Gasteiger partial charge in [-0.15, -0.1) is 11.8 Å². The molecule has 2 aliphatic rings. The molecule has 1 heterocycles. The van der Waals surface area contributed by atoms with Crippen LogP contribution in [0.15, 0.2) is 42.5 Å². The van der Waals surface area contributed by atoms with Crippen LogP contribution in [0.3, 0.4) is 0 Å². The van der Waals surface area contributed by atoms with E-state index in [-0.39, 0.29) is 16.8 Å². The third kappa shape index (κ3) is 5.06. The van der Waals surface area contributed by atoms with Crippen molar-refractivity contribution in [1.29, 1.82) is 0 Å². The minimum atomic E-state index is -0.0718. The topological polar surface area (TPSA) is 47.6 Å². The SMILES string of the molecule is CCOc1ccc2c(c1)[C@@H](SCC(=O)NCc1ccc(Cl)cc1)CC1(CCCC1)O2. The minimum absolute atomic E-state index is 0.0458. The minimum Gasteiger partial charge on any atom is -0.494 e. The number of rotatable bonds is 7. The van der Waals surface area contributed by atoms with Gasteiger partial charge in [0.15, 0.2) is 0 Å². The van der Waals surface area contributed by atoms with E-state index >= 15 is 0 Å². The van der Waals surface area contributed by atoms with Crippen LogP contribution in [0, 0.1) is 0 Å². The van der Waals surface area contributed by atoms with Crippen molar-refractivity contribution in [3.8, 4) is 11.5 Å². The van der Waals surface area contributed by atoms with Crippen molar-refractivity contribution in [3.63, 3.8) is 0 Å². The number of carbonyl (C=O) groups is 1. The van der Waals surface area contributed by atoms with Crippen molar-refractivity contribution in [2.24, 2.45) is 0 Å². The van der Waals surface area contributed by atoms with Gasteiger partial charge in [0.05, 0.1) is 12.4 Å². The van der Waals surface area contributed by atoms with E-state index in [4.69, 9.17) is 21.1 Å². The largest absolute Gasteiger partial charge is 0.494 e. The van der Waals surface area contributed by atoms with Crippen LogP contribution < -0.4 is 14.8 Å². The Morgan fingerprint density at radius 2 is 2.00 bits per heavy atom. The molecule has 2 aromatic carbocycles. The average molecular weight is 446 g/mol. The summed E-state index contributed by atoms with van der Waals surface area (Å²) < 4.78 is 12.2. The van der Waals surface area contributed by atoms with Crippen molar-refractivity contribution in [2.75, 3.05) is 12.4 Å². The van der Waals surface area contributed by atoms with Crippen molar-refractivity contribution < 1.29 is 14.3 Å². The van der Waals surface area contributed by atoms with E-state index < -0.39 is 0 Å². The molecule has 0 unspecified atom stereocenters. The Morgan fingerprint density at radius 3 is 2.73 bits per heavy atom. The van der Waals surface area contributed by atoms with Gasteiger partial charge in [0, 0.05) is 28.8 Å². The highest BCUT2D eigenvalue weighted by Gasteiger charge is 2.43. The molecule has 1 aliphatic heterocycles. The summed E-state index contributed by atoms with van der Waals surface area (Å²) >= 11 is 7.63. The molecule has 0 radical (unpaired) electrons. The first-order chi connectivity index (χ1) is 14.6. The first-order valence-electron chi connectivity index (χ1n) is 10.7. The van der Waals surface area contributed by atoms with E-state index in [9.17, 15) is 4.79 Å². The second-order valence-corrected chi connectivity index (χ2v) is 9.66. The van der Waals surface area contributed by atoms with E-state index in [1.54, 1.807) is 11.8 Å². The lowest BCUT2D eigenvalue weighted by atomic mass is 9.89. The lowest BCUT2D eigenvalue weighted by Gasteiger charge is -2.40. The summed E-state index contributed by atoms with van der Waals surface area (Å²) in [4.78, 5) is 12.5. The Labute approximate surface area is 187 Å². The smallest absolute Gasteiger partial charge is 0.230 e. The second kappa shape index (κ2) is 9.52. The highest BCUT2D eigenvalue weighted by molar-refractivity contribution is 8.00. The number of halogens is 1. The Bertz CT molecular complexity index is 881. The Morgan fingerprint density at radius 1 is 1.23 bits per heavy atom. The highest BCUT2D eigenvalue weighted by atomic mass is 35.5. The van der Waals surface area contributed by atoms with E-state index in [1.807, 2.05) is 43.3 Å². The van der Waals surface area contributed by atoms with Crippen LogP contribution in [0.5, 0.6) is 11.5 Å². The molecule has 1 fully saturated rings. The Kier molecular flexibility index (Phi) is 6.79. The van der Waals surface area contributed by atoms with Gasteiger partial charge in [-0.05, 0) is 68.5 Å². The van der Waals surface area contributed by atoms with Gasteiger partial charge in [-0.2, -0.15) is 0 Å². The first-order valence-corrected chi connectivity index (χ1v) is 12.1. The molecule has 1 spiro atoms. The van der Waals surface area contributed by atoms with E-state index in [0.717, 1.165) is 41.9 Å². The first kappa shape index (κ1) is 21.4. The van der Waals surface area contributed by atoms with Crippen LogP contribution in [0.2, 0.25) is 5.02 Å². The van der Waals surface area contributed by atoms with Gasteiger partial charge in [-0.3, -0.25) is 4.79 Å². The van der Waals surface area contributed by atoms with Crippen molar-refractivity contribution in [3.05, 3.63) is 58.6 Å². The van der Waals surface area contributed by atoms with Crippen LogP contribution in [0.1, 0.15) is 55.4 Å². The third-order valence-electron chi connectivity index (χ3n) is 5.86. The fourth-order valence-corrected chi connectivity index (χ4v) is 5.72. The molecule has 6 heteroatoms. The van der Waals surface area contributed by atoms with E-state index in [0.29, 0.717) is 23.9 Å². The molecule has 0 saturated heterocycles. The predicted molar refractivity (Wildman–Crippen MR) is 123 cm³/mol. The summed E-state index contributed by atoms with van der Waals surface area (Å²) in [6.07, 6.45) is 5.57. The maximum Gasteiger partial charge on any atom is 0.230 e. The summed E-state index contributed by atoms with van der Waals surface area (Å²) in [5.74, 6) is 2.28. The lowest BCUT2D eigenvalue weighted by molar-refractivity contribution is -0.118. The van der Waals surface area contributed by atoms with Crippen LogP contribution >= 0.6 is 23.4 Å². The number of carbonyl (C=O) groups excluding carboxylic acids is 1. The molecular formula is C24H28ClNO3S. The van der Waals surface area contributed by atoms with Gasteiger partial charge in [-0.1, -0.05) is 23.7 Å². The number of benzene rings is 2. The number of fused-ring (bicyclic) bond motifs is 1. The van der Waals surface area contributed by atoms with Crippen LogP contribution in [-0.2, 0) is 11.3 Å². The van der Waals surface area contributed by atoms with Crippen molar-refractivity contribution in [1.82, 2.24) is 5.32 Å². The zero-order chi connectivity index (χ0) is 21.0. The number of nitrogens with one attached hydrogen (secondary N) is 1. The summed E-state index contributed by atoms with van der Waals surface area (Å²) in [6, 6.07) is 13.7. The monoisotopic (exact) mass is 445 g/mol. The quantitative estimate of drug-likeness (QED) is 0.574. The molecule has 1 aliphatic carbocycles. The second-order valence-electron chi connectivity index (χ2n) is 8.03. The molecule has 4 nitrogen and oxygen atoms in total. The van der Waals surface area contributed by atoms with Crippen molar-refractivity contribution in [2.45, 2.75) is 56.4 Å². The van der Waals surface area contributed by atoms with Gasteiger partial charge in [0.25, 0.3) is 0 Å². The number of hydrogen-bond donors (Lipinski definition) is 1. The molecule has 1 saturated carbocycles. The van der Waals surface area contributed by atoms with Gasteiger partial charge in [0.2, 0.25) is 5.91 Å². The molecule has 1 N–H and O–H groups in total. The van der Waals surface area contributed by atoms with E-state index in [2.05, 4.69) is 11.4 Å². The molecule has 0 bridgehead atoms. The molecule has 2 aromatic rings. The summed E-state index contributed by atoms with van der Waals surface area (Å²) in [5.41, 5.74) is 2.12. The van der Waals surface area contributed by atoms with Gasteiger partial charge in [0.1, 0.15) is 17.1 Å². The number of ether oxygens (including phenoxy) is 2. The van der Waals surface area contributed by atoms with Crippen LogP contribution in [0.4, 0.5) is 0 Å². The Balaban J connectivity index is 1.42. The molecule has 1 atom stereocenters. The fraction of sp³-hybridized carbons (Fsp3) is 0.458. The highest BCUT2D eigenvalue weighted by Crippen LogP contribution is 2.52. The molecule has 160 valence electrons. The summed E-state index contributed by atoms with van der Waals surface area (Å²) in [7, 11) is 0. The third-order valence-corrected chi connectivity index (χ3v) is 7.36. The lowest BCUT2D eigenvalue weighted by Crippen LogP contribution is -2.38. The van der Waals surface area contributed by atoms with E-state index in [1.165, 1.54) is 12.8 Å². The van der Waals surface area contributed by atoms with Crippen molar-refractivity contribution >= 4 is 29.3 Å². The maximum atomic E-state index is 12.5. The predicted octanol–water partition coefficient (Wildman–Crippen LogP) is 5.92. The zero-order valence-electron chi connectivity index (χ0n) is 17.3. The Hall–Kier alpha value is -1.85.